The van der Waals surface area contributed by atoms with Crippen molar-refractivity contribution < 1.29 is 4.79 Å². The number of fused-ring (bicyclic) bond motifs is 2. The van der Waals surface area contributed by atoms with Gasteiger partial charge in [0.05, 0.1) is 30.2 Å². The molecule has 0 aliphatic heterocycles. The number of hydrogen-bond acceptors (Lipinski definition) is 5. The molecule has 0 saturated heterocycles. The maximum atomic E-state index is 12.0. The number of carbonyl (C=O) groups is 1. The topological polar surface area (TPSA) is 79.2 Å². The number of aromatic nitrogens is 4. The first kappa shape index (κ1) is 21.6. The van der Waals surface area contributed by atoms with Crippen molar-refractivity contribution in [1.29, 1.82) is 0 Å². The van der Waals surface area contributed by atoms with Crippen LogP contribution >= 0.6 is 0 Å². The average molecular weight is 451 g/mol. The van der Waals surface area contributed by atoms with Gasteiger partial charge in [-0.05, 0) is 42.3 Å². The van der Waals surface area contributed by atoms with E-state index in [1.54, 1.807) is 6.21 Å². The zero-order chi connectivity index (χ0) is 23.7. The third-order valence-electron chi connectivity index (χ3n) is 6.15. The van der Waals surface area contributed by atoms with Gasteiger partial charge in [-0.15, -0.1) is 0 Å². The zero-order valence-electron chi connectivity index (χ0n) is 19.5. The molecule has 1 N–H and O–H groups in total. The maximum absolute atomic E-state index is 12.0. The van der Waals surface area contributed by atoms with Gasteiger partial charge in [0.2, 0.25) is 0 Å². The first-order chi connectivity index (χ1) is 16.5. The average Bonchev–Trinajstić information content (AvgIpc) is 3.41. The number of H-pyrrole nitrogens is 1. The van der Waals surface area contributed by atoms with Crippen molar-refractivity contribution in [2.75, 3.05) is 7.05 Å². The van der Waals surface area contributed by atoms with Crippen molar-refractivity contribution in [1.82, 2.24) is 24.8 Å². The summed E-state index contributed by atoms with van der Waals surface area (Å²) >= 11 is 0. The summed E-state index contributed by atoms with van der Waals surface area (Å²) < 4.78 is 1.93. The lowest BCUT2D eigenvalue weighted by molar-refractivity contribution is 0.111. The van der Waals surface area contributed by atoms with Gasteiger partial charge in [0.15, 0.2) is 6.29 Å². The van der Waals surface area contributed by atoms with E-state index in [0.29, 0.717) is 12.2 Å². The first-order valence-electron chi connectivity index (χ1n) is 11.2. The predicted octanol–water partition coefficient (Wildman–Crippen LogP) is 4.63. The van der Waals surface area contributed by atoms with Crippen LogP contribution in [-0.2, 0) is 20.0 Å². The number of nitrogens with one attached hydrogen (secondary N) is 1. The number of aryl methyl sites for hydroxylation is 2. The summed E-state index contributed by atoms with van der Waals surface area (Å²) in [6, 6.07) is 18.5. The minimum absolute atomic E-state index is 0.606. The maximum Gasteiger partial charge on any atom is 0.167 e. The third kappa shape index (κ3) is 4.08. The van der Waals surface area contributed by atoms with Crippen molar-refractivity contribution >= 4 is 34.3 Å². The predicted molar refractivity (Wildman–Crippen MR) is 135 cm³/mol. The molecule has 3 heterocycles. The highest BCUT2D eigenvalue weighted by Crippen LogP contribution is 2.26. The van der Waals surface area contributed by atoms with E-state index < -0.39 is 0 Å². The van der Waals surface area contributed by atoms with Gasteiger partial charge in [-0.25, -0.2) is 0 Å². The molecule has 0 atom stereocenters. The van der Waals surface area contributed by atoms with Crippen molar-refractivity contribution in [2.45, 2.75) is 19.9 Å². The largest absolute Gasteiger partial charge is 0.341 e. The summed E-state index contributed by atoms with van der Waals surface area (Å²) in [6.45, 7) is 2.63. The molecule has 5 aromatic rings. The zero-order valence-corrected chi connectivity index (χ0v) is 19.5. The molecule has 0 bridgehead atoms. The molecule has 0 amide bonds. The molecule has 0 saturated carbocycles. The SMILES string of the molecule is Cc1cccc(Cc2ccc3c(/C=N\N(C)Cc4cccc5[nH]ncc45)c(C=O)n(C)c3c2)n1. The van der Waals surface area contributed by atoms with E-state index in [-0.39, 0.29) is 0 Å². The van der Waals surface area contributed by atoms with Crippen molar-refractivity contribution in [2.24, 2.45) is 12.1 Å². The van der Waals surface area contributed by atoms with Crippen LogP contribution in [0.5, 0.6) is 0 Å². The Balaban J connectivity index is 1.43. The lowest BCUT2D eigenvalue weighted by Crippen LogP contribution is -2.11. The van der Waals surface area contributed by atoms with Crippen LogP contribution in [-0.4, -0.2) is 44.3 Å². The van der Waals surface area contributed by atoms with Gasteiger partial charge in [0.25, 0.3) is 0 Å². The Morgan fingerprint density at radius 3 is 2.79 bits per heavy atom. The monoisotopic (exact) mass is 450 g/mol. The first-order valence-corrected chi connectivity index (χ1v) is 11.2. The Labute approximate surface area is 197 Å². The molecule has 0 fully saturated rings. The summed E-state index contributed by atoms with van der Waals surface area (Å²) in [4.78, 5) is 16.6. The molecule has 3 aromatic heterocycles. The summed E-state index contributed by atoms with van der Waals surface area (Å²) in [5, 5.41) is 15.7. The number of carbonyl (C=O) groups excluding carboxylic acids is 1. The van der Waals surface area contributed by atoms with E-state index in [2.05, 4.69) is 44.5 Å². The number of hydrazone groups is 1. The molecule has 5 rings (SSSR count). The Morgan fingerprint density at radius 1 is 1.12 bits per heavy atom. The molecule has 0 spiro atoms. The van der Waals surface area contributed by atoms with Gasteiger partial charge in [0, 0.05) is 53.8 Å². The number of nitrogens with zero attached hydrogens (tertiary/aromatic N) is 5. The molecule has 7 heteroatoms. The number of aldehydes is 1. The second-order valence-corrected chi connectivity index (χ2v) is 8.58. The van der Waals surface area contributed by atoms with Crippen LogP contribution in [0, 0.1) is 6.92 Å². The van der Waals surface area contributed by atoms with E-state index >= 15 is 0 Å². The number of aromatic amines is 1. The van der Waals surface area contributed by atoms with Crippen LogP contribution in [0.1, 0.15) is 38.6 Å². The van der Waals surface area contributed by atoms with E-state index in [4.69, 9.17) is 0 Å². The second-order valence-electron chi connectivity index (χ2n) is 8.58. The summed E-state index contributed by atoms with van der Waals surface area (Å²) in [5.74, 6) is 0. The van der Waals surface area contributed by atoms with Gasteiger partial charge >= 0.3 is 0 Å². The molecule has 2 aromatic carbocycles. The van der Waals surface area contributed by atoms with Crippen LogP contribution in [0.4, 0.5) is 0 Å². The third-order valence-corrected chi connectivity index (χ3v) is 6.15. The van der Waals surface area contributed by atoms with Crippen molar-refractivity contribution in [3.05, 3.63) is 94.6 Å². The van der Waals surface area contributed by atoms with Crippen molar-refractivity contribution in [3.63, 3.8) is 0 Å². The summed E-state index contributed by atoms with van der Waals surface area (Å²) in [7, 11) is 3.84. The molecule has 34 heavy (non-hydrogen) atoms. The lowest BCUT2D eigenvalue weighted by Gasteiger charge is -2.13. The number of pyridine rings is 1. The number of rotatable bonds is 7. The fraction of sp³-hybridized carbons (Fsp3) is 0.185. The fourth-order valence-electron chi connectivity index (χ4n) is 4.44. The molecular formula is C27H26N6O. The number of benzene rings is 2. The van der Waals surface area contributed by atoms with Crippen LogP contribution in [0.25, 0.3) is 21.8 Å². The highest BCUT2D eigenvalue weighted by molar-refractivity contribution is 6.06. The fourth-order valence-corrected chi connectivity index (χ4v) is 4.44. The highest BCUT2D eigenvalue weighted by Gasteiger charge is 2.14. The molecule has 0 aliphatic carbocycles. The molecular weight excluding hydrogens is 424 g/mol. The van der Waals surface area contributed by atoms with E-state index in [1.165, 1.54) is 0 Å². The van der Waals surface area contributed by atoms with Gasteiger partial charge < -0.3 is 4.57 Å². The molecule has 7 nitrogen and oxygen atoms in total. The summed E-state index contributed by atoms with van der Waals surface area (Å²) in [5.41, 5.74) is 7.75. The Kier molecular flexibility index (Phi) is 5.67. The van der Waals surface area contributed by atoms with Gasteiger partial charge in [-0.2, -0.15) is 10.2 Å². The molecule has 0 unspecified atom stereocenters. The minimum Gasteiger partial charge on any atom is -0.341 e. The van der Waals surface area contributed by atoms with Gasteiger partial charge in [0.1, 0.15) is 0 Å². The van der Waals surface area contributed by atoms with Crippen molar-refractivity contribution in [3.8, 4) is 0 Å². The second kappa shape index (κ2) is 8.94. The van der Waals surface area contributed by atoms with Gasteiger partial charge in [-0.3, -0.25) is 19.9 Å². The number of hydrogen-bond donors (Lipinski definition) is 1. The van der Waals surface area contributed by atoms with Crippen LogP contribution in [0.15, 0.2) is 65.9 Å². The molecule has 0 radical (unpaired) electrons. The Bertz CT molecular complexity index is 1530. The molecule has 0 aliphatic rings. The van der Waals surface area contributed by atoms with Crippen LogP contribution in [0.3, 0.4) is 0 Å². The Hall–Kier alpha value is -4.26. The normalized spacial score (nSPS) is 11.6. The van der Waals surface area contributed by atoms with E-state index in [0.717, 1.165) is 62.6 Å². The minimum atomic E-state index is 0.606. The van der Waals surface area contributed by atoms with Crippen LogP contribution in [0.2, 0.25) is 0 Å². The quantitative estimate of drug-likeness (QED) is 0.223. The summed E-state index contributed by atoms with van der Waals surface area (Å²) in [6.07, 6.45) is 5.25. The van der Waals surface area contributed by atoms with E-state index in [1.807, 2.05) is 67.1 Å². The van der Waals surface area contributed by atoms with Crippen LogP contribution < -0.4 is 0 Å². The Morgan fingerprint density at radius 2 is 1.97 bits per heavy atom. The molecule has 170 valence electrons. The standard InChI is InChI=1S/C27H26N6O/c1-18-6-4-8-21(30-18)12-19-10-11-22-24(27(17-34)33(3)26(22)13-19)15-29-32(2)16-20-7-5-9-25-23(20)14-28-31-25/h4-11,13-15,17H,12,16H2,1-3H3,(H,28,31)/b29-15-. The van der Waals surface area contributed by atoms with Gasteiger partial charge in [-0.1, -0.05) is 30.3 Å². The highest BCUT2D eigenvalue weighted by atomic mass is 16.1. The lowest BCUT2D eigenvalue weighted by atomic mass is 10.1. The van der Waals surface area contributed by atoms with E-state index in [9.17, 15) is 4.79 Å². The smallest absolute Gasteiger partial charge is 0.167 e.